The smallest absolute Gasteiger partial charge is 0.240 e. The Hall–Kier alpha value is -1.97. The van der Waals surface area contributed by atoms with E-state index in [4.69, 9.17) is 4.74 Å². The summed E-state index contributed by atoms with van der Waals surface area (Å²) in [5.74, 6) is 0.890. The number of hydrogen-bond donors (Lipinski definition) is 1. The van der Waals surface area contributed by atoms with Gasteiger partial charge in [0.1, 0.15) is 12.3 Å². The Labute approximate surface area is 119 Å². The Morgan fingerprint density at radius 1 is 1.30 bits per heavy atom. The summed E-state index contributed by atoms with van der Waals surface area (Å²) in [6.07, 6.45) is 3.85. The third-order valence-electron chi connectivity index (χ3n) is 3.66. The van der Waals surface area contributed by atoms with Crippen molar-refractivity contribution in [2.24, 2.45) is 0 Å². The number of benzene rings is 1. The molecule has 1 amide bonds. The monoisotopic (exact) mass is 274 g/mol. The average Bonchev–Trinajstić information content (AvgIpc) is 2.87. The molecule has 0 unspecified atom stereocenters. The van der Waals surface area contributed by atoms with Gasteiger partial charge in [-0.15, -0.1) is 0 Å². The quantitative estimate of drug-likeness (QED) is 0.880. The highest BCUT2D eigenvalue weighted by Crippen LogP contribution is 2.26. The summed E-state index contributed by atoms with van der Waals surface area (Å²) in [5, 5.41) is 4.09. The van der Waals surface area contributed by atoms with E-state index < -0.39 is 0 Å². The van der Waals surface area contributed by atoms with Gasteiger partial charge in [-0.2, -0.15) is 0 Å². The molecule has 0 fully saturated rings. The molecule has 1 N–H and O–H groups in total. The van der Waals surface area contributed by atoms with E-state index in [0.29, 0.717) is 6.54 Å². The van der Waals surface area contributed by atoms with Crippen LogP contribution in [-0.2, 0) is 11.3 Å². The second-order valence-corrected chi connectivity index (χ2v) is 4.92. The van der Waals surface area contributed by atoms with Gasteiger partial charge in [0, 0.05) is 17.6 Å². The van der Waals surface area contributed by atoms with Gasteiger partial charge < -0.3 is 14.6 Å². The van der Waals surface area contributed by atoms with Crippen molar-refractivity contribution in [3.63, 3.8) is 0 Å². The first-order valence-corrected chi connectivity index (χ1v) is 7.10. The Kier molecular flexibility index (Phi) is 4.66. The Bertz CT molecular complexity index is 585. The minimum Gasteiger partial charge on any atom is -0.496 e. The van der Waals surface area contributed by atoms with Crippen LogP contribution in [0.25, 0.3) is 10.9 Å². The van der Waals surface area contributed by atoms with Crippen molar-refractivity contribution < 1.29 is 9.53 Å². The molecule has 108 valence electrons. The van der Waals surface area contributed by atoms with Gasteiger partial charge in [0.25, 0.3) is 0 Å². The summed E-state index contributed by atoms with van der Waals surface area (Å²) in [6, 6.07) is 8.12. The molecule has 0 aliphatic carbocycles. The number of aromatic nitrogens is 1. The molecule has 4 heteroatoms. The van der Waals surface area contributed by atoms with Crippen LogP contribution in [-0.4, -0.2) is 23.6 Å². The van der Waals surface area contributed by atoms with Crippen LogP contribution in [0.4, 0.5) is 0 Å². The molecule has 0 atom stereocenters. The lowest BCUT2D eigenvalue weighted by molar-refractivity contribution is -0.122. The number of methoxy groups -OCH3 is 1. The summed E-state index contributed by atoms with van der Waals surface area (Å²) in [7, 11) is 1.66. The standard InChI is InChI=1S/C16H22N2O2/c1-4-12(5-2)17-16(19)11-18-10-9-13-14(18)7-6-8-15(13)20-3/h6-10,12H,4-5,11H2,1-3H3,(H,17,19). The van der Waals surface area contributed by atoms with Crippen LogP contribution in [0.5, 0.6) is 5.75 Å². The molecule has 0 spiro atoms. The van der Waals surface area contributed by atoms with Crippen LogP contribution in [0, 0.1) is 0 Å². The lowest BCUT2D eigenvalue weighted by atomic mass is 10.2. The van der Waals surface area contributed by atoms with Crippen molar-refractivity contribution in [3.05, 3.63) is 30.5 Å². The van der Waals surface area contributed by atoms with Crippen molar-refractivity contribution in [2.75, 3.05) is 7.11 Å². The SMILES string of the molecule is CCC(CC)NC(=O)Cn1ccc2c(OC)cccc21. The number of rotatable bonds is 6. The third-order valence-corrected chi connectivity index (χ3v) is 3.66. The van der Waals surface area contributed by atoms with Crippen LogP contribution in [0.1, 0.15) is 26.7 Å². The molecule has 1 aromatic carbocycles. The predicted octanol–water partition coefficient (Wildman–Crippen LogP) is 2.95. The normalized spacial score (nSPS) is 11.0. The number of hydrogen-bond acceptors (Lipinski definition) is 2. The zero-order valence-corrected chi connectivity index (χ0v) is 12.3. The number of ether oxygens (including phenoxy) is 1. The number of carbonyl (C=O) groups is 1. The number of fused-ring (bicyclic) bond motifs is 1. The lowest BCUT2D eigenvalue weighted by Gasteiger charge is -2.15. The first-order chi connectivity index (χ1) is 9.69. The van der Waals surface area contributed by atoms with Crippen LogP contribution in [0.3, 0.4) is 0 Å². The molecule has 0 radical (unpaired) electrons. The summed E-state index contributed by atoms with van der Waals surface area (Å²) >= 11 is 0. The maximum atomic E-state index is 12.1. The first kappa shape index (κ1) is 14.4. The minimum atomic E-state index is 0.0546. The fraction of sp³-hybridized carbons (Fsp3) is 0.438. The molecular formula is C16H22N2O2. The summed E-state index contributed by atoms with van der Waals surface area (Å²) in [6.45, 7) is 4.52. The average molecular weight is 274 g/mol. The molecule has 0 bridgehead atoms. The molecule has 1 heterocycles. The van der Waals surface area contributed by atoms with Gasteiger partial charge in [-0.3, -0.25) is 4.79 Å². The van der Waals surface area contributed by atoms with Crippen molar-refractivity contribution in [1.82, 2.24) is 9.88 Å². The molecule has 1 aromatic heterocycles. The second kappa shape index (κ2) is 6.46. The van der Waals surface area contributed by atoms with E-state index in [9.17, 15) is 4.79 Å². The topological polar surface area (TPSA) is 43.3 Å². The van der Waals surface area contributed by atoms with Gasteiger partial charge in [0.05, 0.1) is 12.6 Å². The number of carbonyl (C=O) groups excluding carboxylic acids is 1. The maximum absolute atomic E-state index is 12.1. The zero-order valence-electron chi connectivity index (χ0n) is 12.3. The van der Waals surface area contributed by atoms with E-state index in [1.807, 2.05) is 35.0 Å². The molecule has 4 nitrogen and oxygen atoms in total. The maximum Gasteiger partial charge on any atom is 0.240 e. The van der Waals surface area contributed by atoms with Crippen LogP contribution >= 0.6 is 0 Å². The number of nitrogens with one attached hydrogen (secondary N) is 1. The first-order valence-electron chi connectivity index (χ1n) is 7.10. The fourth-order valence-corrected chi connectivity index (χ4v) is 2.43. The molecule has 0 saturated carbocycles. The van der Waals surface area contributed by atoms with Gasteiger partial charge in [0.2, 0.25) is 5.91 Å². The van der Waals surface area contributed by atoms with Crippen molar-refractivity contribution in [3.8, 4) is 5.75 Å². The van der Waals surface area contributed by atoms with Gasteiger partial charge >= 0.3 is 0 Å². The number of nitrogens with zero attached hydrogens (tertiary/aromatic N) is 1. The van der Waals surface area contributed by atoms with E-state index >= 15 is 0 Å². The highest BCUT2D eigenvalue weighted by Gasteiger charge is 2.11. The highest BCUT2D eigenvalue weighted by molar-refractivity contribution is 5.88. The van der Waals surface area contributed by atoms with Crippen LogP contribution in [0.15, 0.2) is 30.5 Å². The van der Waals surface area contributed by atoms with Gasteiger partial charge in [0.15, 0.2) is 0 Å². The predicted molar refractivity (Wildman–Crippen MR) is 81.0 cm³/mol. The summed E-state index contributed by atoms with van der Waals surface area (Å²) < 4.78 is 7.29. The van der Waals surface area contributed by atoms with E-state index in [1.54, 1.807) is 7.11 Å². The van der Waals surface area contributed by atoms with Crippen LogP contribution < -0.4 is 10.1 Å². The molecule has 2 aromatic rings. The van der Waals surface area contributed by atoms with E-state index in [1.165, 1.54) is 0 Å². The summed E-state index contributed by atoms with van der Waals surface area (Å²) in [4.78, 5) is 12.1. The van der Waals surface area contributed by atoms with E-state index in [0.717, 1.165) is 29.5 Å². The Balaban J connectivity index is 2.16. The molecule has 0 aliphatic heterocycles. The highest BCUT2D eigenvalue weighted by atomic mass is 16.5. The third kappa shape index (κ3) is 2.95. The van der Waals surface area contributed by atoms with E-state index in [-0.39, 0.29) is 11.9 Å². The molecule has 20 heavy (non-hydrogen) atoms. The van der Waals surface area contributed by atoms with Gasteiger partial charge in [-0.1, -0.05) is 19.9 Å². The Morgan fingerprint density at radius 3 is 2.70 bits per heavy atom. The molecule has 2 rings (SSSR count). The molecular weight excluding hydrogens is 252 g/mol. The zero-order chi connectivity index (χ0) is 14.5. The van der Waals surface area contributed by atoms with Crippen molar-refractivity contribution in [2.45, 2.75) is 39.3 Å². The van der Waals surface area contributed by atoms with Crippen LogP contribution in [0.2, 0.25) is 0 Å². The van der Waals surface area contributed by atoms with Gasteiger partial charge in [-0.05, 0) is 31.0 Å². The second-order valence-electron chi connectivity index (χ2n) is 4.92. The lowest BCUT2D eigenvalue weighted by Crippen LogP contribution is -2.36. The summed E-state index contributed by atoms with van der Waals surface area (Å²) in [5.41, 5.74) is 1.02. The number of amides is 1. The molecule has 0 saturated heterocycles. The largest absolute Gasteiger partial charge is 0.496 e. The fourth-order valence-electron chi connectivity index (χ4n) is 2.43. The minimum absolute atomic E-state index is 0.0546. The Morgan fingerprint density at radius 2 is 2.05 bits per heavy atom. The van der Waals surface area contributed by atoms with E-state index in [2.05, 4.69) is 19.2 Å². The molecule has 0 aliphatic rings. The van der Waals surface area contributed by atoms with Crippen molar-refractivity contribution >= 4 is 16.8 Å². The van der Waals surface area contributed by atoms with Crippen molar-refractivity contribution in [1.29, 1.82) is 0 Å². The van der Waals surface area contributed by atoms with Gasteiger partial charge in [-0.25, -0.2) is 0 Å².